The van der Waals surface area contributed by atoms with Gasteiger partial charge < -0.3 is 15.4 Å². The topological polar surface area (TPSA) is 93.2 Å². The molecule has 0 atom stereocenters. The molecule has 0 fully saturated rings. The molecular formula is C21H20N4O3. The molecule has 1 amide bonds. The molecule has 2 aromatic carbocycles. The van der Waals surface area contributed by atoms with E-state index in [1.54, 1.807) is 24.3 Å². The van der Waals surface area contributed by atoms with Crippen LogP contribution in [0.5, 0.6) is 0 Å². The number of aryl methyl sites for hydroxylation is 2. The second-order valence-electron chi connectivity index (χ2n) is 6.22. The number of nitrogens with zero attached hydrogens (tertiary/aromatic N) is 2. The predicted molar refractivity (Wildman–Crippen MR) is 107 cm³/mol. The summed E-state index contributed by atoms with van der Waals surface area (Å²) in [6.45, 7) is 3.92. The molecule has 0 bridgehead atoms. The molecule has 7 nitrogen and oxygen atoms in total. The zero-order chi connectivity index (χ0) is 20.1. The molecule has 0 spiro atoms. The van der Waals surface area contributed by atoms with Crippen LogP contribution in [0.1, 0.15) is 32.0 Å². The molecule has 0 radical (unpaired) electrons. The summed E-state index contributed by atoms with van der Waals surface area (Å²) in [5, 5.41) is 5.89. The zero-order valence-electron chi connectivity index (χ0n) is 15.8. The van der Waals surface area contributed by atoms with E-state index in [9.17, 15) is 9.59 Å². The summed E-state index contributed by atoms with van der Waals surface area (Å²) >= 11 is 0. The van der Waals surface area contributed by atoms with Crippen LogP contribution in [0, 0.1) is 13.8 Å². The zero-order valence-corrected chi connectivity index (χ0v) is 15.8. The number of methoxy groups -OCH3 is 1. The number of para-hydroxylation sites is 1. The van der Waals surface area contributed by atoms with Gasteiger partial charge in [-0.15, -0.1) is 0 Å². The maximum atomic E-state index is 12.6. The highest BCUT2D eigenvalue weighted by Crippen LogP contribution is 2.21. The van der Waals surface area contributed by atoms with Crippen molar-refractivity contribution in [2.75, 3.05) is 17.7 Å². The van der Waals surface area contributed by atoms with E-state index < -0.39 is 5.97 Å². The second-order valence-corrected chi connectivity index (χ2v) is 6.22. The van der Waals surface area contributed by atoms with Gasteiger partial charge in [-0.05, 0) is 37.6 Å². The smallest absolute Gasteiger partial charge is 0.339 e. The highest BCUT2D eigenvalue weighted by atomic mass is 16.5. The summed E-state index contributed by atoms with van der Waals surface area (Å²) in [6.07, 6.45) is 1.29. The van der Waals surface area contributed by atoms with Crippen molar-refractivity contribution in [1.29, 1.82) is 0 Å². The van der Waals surface area contributed by atoms with E-state index in [1.165, 1.54) is 19.5 Å². The molecule has 0 saturated carbocycles. The van der Waals surface area contributed by atoms with Crippen molar-refractivity contribution >= 4 is 29.1 Å². The van der Waals surface area contributed by atoms with Crippen molar-refractivity contribution in [3.8, 4) is 0 Å². The van der Waals surface area contributed by atoms with Gasteiger partial charge in [-0.1, -0.05) is 29.8 Å². The number of benzene rings is 2. The number of anilines is 3. The van der Waals surface area contributed by atoms with Crippen LogP contribution in [-0.4, -0.2) is 29.0 Å². The number of esters is 1. The SMILES string of the molecule is COC(=O)c1ccccc1Nc1cc(C(=O)Nc2ccc(C)cc2C)ncn1. The van der Waals surface area contributed by atoms with E-state index in [2.05, 4.69) is 20.6 Å². The highest BCUT2D eigenvalue weighted by Gasteiger charge is 2.14. The molecule has 2 N–H and O–H groups in total. The van der Waals surface area contributed by atoms with Crippen LogP contribution in [-0.2, 0) is 4.74 Å². The van der Waals surface area contributed by atoms with Crippen molar-refractivity contribution in [3.05, 3.63) is 77.2 Å². The number of carbonyl (C=O) groups is 2. The molecule has 28 heavy (non-hydrogen) atoms. The lowest BCUT2D eigenvalue weighted by Gasteiger charge is -2.11. The fourth-order valence-electron chi connectivity index (χ4n) is 2.71. The molecule has 3 aromatic rings. The minimum atomic E-state index is -0.468. The Morgan fingerprint density at radius 3 is 2.50 bits per heavy atom. The molecule has 1 heterocycles. The Balaban J connectivity index is 1.81. The van der Waals surface area contributed by atoms with E-state index in [0.29, 0.717) is 17.1 Å². The molecule has 3 rings (SSSR count). The minimum Gasteiger partial charge on any atom is -0.465 e. The van der Waals surface area contributed by atoms with Crippen LogP contribution in [0.4, 0.5) is 17.2 Å². The van der Waals surface area contributed by atoms with Crippen molar-refractivity contribution in [2.24, 2.45) is 0 Å². The van der Waals surface area contributed by atoms with Gasteiger partial charge in [0.2, 0.25) is 0 Å². The molecule has 0 aliphatic carbocycles. The standard InChI is InChI=1S/C21H20N4O3/c1-13-8-9-16(14(2)10-13)25-20(26)18-11-19(23-12-22-18)24-17-7-5-4-6-15(17)21(27)28-3/h4-12H,1-3H3,(H,25,26)(H,22,23,24). The van der Waals surface area contributed by atoms with Crippen LogP contribution in [0.3, 0.4) is 0 Å². The first kappa shape index (κ1) is 19.0. The fourth-order valence-corrected chi connectivity index (χ4v) is 2.71. The van der Waals surface area contributed by atoms with Crippen LogP contribution in [0.25, 0.3) is 0 Å². The maximum Gasteiger partial charge on any atom is 0.339 e. The molecule has 0 aliphatic rings. The third kappa shape index (κ3) is 4.32. The van der Waals surface area contributed by atoms with E-state index in [1.807, 2.05) is 32.0 Å². The fraction of sp³-hybridized carbons (Fsp3) is 0.143. The van der Waals surface area contributed by atoms with Gasteiger partial charge in [0, 0.05) is 11.8 Å². The minimum absolute atomic E-state index is 0.202. The summed E-state index contributed by atoms with van der Waals surface area (Å²) in [5.74, 6) is -0.430. The predicted octanol–water partition coefficient (Wildman–Crippen LogP) is 3.88. The van der Waals surface area contributed by atoms with Gasteiger partial charge in [-0.2, -0.15) is 0 Å². The molecule has 0 unspecified atom stereocenters. The third-order valence-electron chi connectivity index (χ3n) is 4.12. The van der Waals surface area contributed by atoms with Crippen LogP contribution >= 0.6 is 0 Å². The van der Waals surface area contributed by atoms with Gasteiger partial charge >= 0.3 is 5.97 Å². The average Bonchev–Trinajstić information content (AvgIpc) is 2.70. The number of hydrogen-bond acceptors (Lipinski definition) is 6. The largest absolute Gasteiger partial charge is 0.465 e. The first-order valence-electron chi connectivity index (χ1n) is 8.63. The lowest BCUT2D eigenvalue weighted by atomic mass is 10.1. The number of ether oxygens (including phenoxy) is 1. The summed E-state index contributed by atoms with van der Waals surface area (Å²) in [5.41, 5.74) is 3.90. The van der Waals surface area contributed by atoms with Gasteiger partial charge in [-0.25, -0.2) is 14.8 Å². The van der Waals surface area contributed by atoms with Gasteiger partial charge in [0.25, 0.3) is 5.91 Å². The van der Waals surface area contributed by atoms with E-state index >= 15 is 0 Å². The number of aromatic nitrogens is 2. The molecule has 7 heteroatoms. The summed E-state index contributed by atoms with van der Waals surface area (Å²) < 4.78 is 4.79. The summed E-state index contributed by atoms with van der Waals surface area (Å²) in [4.78, 5) is 32.6. The monoisotopic (exact) mass is 376 g/mol. The summed E-state index contributed by atoms with van der Waals surface area (Å²) in [7, 11) is 1.32. The van der Waals surface area contributed by atoms with Crippen LogP contribution in [0.2, 0.25) is 0 Å². The normalized spacial score (nSPS) is 10.2. The van der Waals surface area contributed by atoms with Gasteiger partial charge in [0.1, 0.15) is 17.8 Å². The molecular weight excluding hydrogens is 356 g/mol. The average molecular weight is 376 g/mol. The van der Waals surface area contributed by atoms with Gasteiger partial charge in [0.05, 0.1) is 18.4 Å². The van der Waals surface area contributed by atoms with Crippen molar-refractivity contribution in [3.63, 3.8) is 0 Å². The van der Waals surface area contributed by atoms with E-state index in [-0.39, 0.29) is 11.6 Å². The Labute approximate surface area is 162 Å². The molecule has 1 aromatic heterocycles. The van der Waals surface area contributed by atoms with E-state index in [0.717, 1.165) is 16.8 Å². The number of rotatable bonds is 5. The first-order chi connectivity index (χ1) is 13.5. The number of carbonyl (C=O) groups excluding carboxylic acids is 2. The van der Waals surface area contributed by atoms with Crippen molar-refractivity contribution < 1.29 is 14.3 Å². The number of nitrogens with one attached hydrogen (secondary N) is 2. The van der Waals surface area contributed by atoms with Gasteiger partial charge in [0.15, 0.2) is 0 Å². The van der Waals surface area contributed by atoms with Crippen molar-refractivity contribution in [1.82, 2.24) is 9.97 Å². The number of amides is 1. The quantitative estimate of drug-likeness (QED) is 0.657. The lowest BCUT2D eigenvalue weighted by molar-refractivity contribution is 0.0601. The number of hydrogen-bond donors (Lipinski definition) is 2. The highest BCUT2D eigenvalue weighted by molar-refractivity contribution is 6.03. The maximum absolute atomic E-state index is 12.6. The Hall–Kier alpha value is -3.74. The lowest BCUT2D eigenvalue weighted by Crippen LogP contribution is -2.15. The van der Waals surface area contributed by atoms with E-state index in [4.69, 9.17) is 4.74 Å². The molecule has 142 valence electrons. The van der Waals surface area contributed by atoms with Crippen LogP contribution in [0.15, 0.2) is 54.9 Å². The van der Waals surface area contributed by atoms with Gasteiger partial charge in [-0.3, -0.25) is 4.79 Å². The Morgan fingerprint density at radius 2 is 1.75 bits per heavy atom. The first-order valence-corrected chi connectivity index (χ1v) is 8.63. The van der Waals surface area contributed by atoms with Crippen molar-refractivity contribution in [2.45, 2.75) is 13.8 Å². The Kier molecular flexibility index (Phi) is 5.64. The third-order valence-corrected chi connectivity index (χ3v) is 4.12. The van der Waals surface area contributed by atoms with Crippen LogP contribution < -0.4 is 10.6 Å². The Morgan fingerprint density at radius 1 is 0.964 bits per heavy atom. The summed E-state index contributed by atoms with van der Waals surface area (Å²) in [6, 6.07) is 14.2. The Bertz CT molecular complexity index is 1030. The second kappa shape index (κ2) is 8.30. The molecule has 0 aliphatic heterocycles. The molecule has 0 saturated heterocycles.